The molecule has 0 radical (unpaired) electrons. The molecular weight excluding hydrogens is 400 g/mol. The maximum absolute atomic E-state index is 12.5. The minimum Gasteiger partial charge on any atom is -0.466 e. The van der Waals surface area contributed by atoms with E-state index in [0.717, 1.165) is 12.8 Å². The van der Waals surface area contributed by atoms with Gasteiger partial charge in [0.05, 0.1) is 17.1 Å². The van der Waals surface area contributed by atoms with E-state index in [9.17, 15) is 22.8 Å². The number of rotatable bonds is 10. The van der Waals surface area contributed by atoms with Gasteiger partial charge < -0.3 is 14.8 Å². The third kappa shape index (κ3) is 6.82. The molecule has 1 saturated heterocycles. The number of nitrogens with zero attached hydrogens (tertiary/aromatic N) is 1. The number of esters is 2. The summed E-state index contributed by atoms with van der Waals surface area (Å²) in [7, 11) is -3.55. The number of carbonyl (C=O) groups excluding carboxylic acids is 3. The zero-order chi connectivity index (χ0) is 21.3. The van der Waals surface area contributed by atoms with Crippen LogP contribution in [0.5, 0.6) is 0 Å². The van der Waals surface area contributed by atoms with Gasteiger partial charge in [-0.25, -0.2) is 13.2 Å². The van der Waals surface area contributed by atoms with Crippen LogP contribution in [0.2, 0.25) is 0 Å². The van der Waals surface area contributed by atoms with E-state index in [4.69, 9.17) is 9.47 Å². The molecule has 0 atom stereocenters. The molecule has 1 aromatic rings. The highest BCUT2D eigenvalue weighted by Crippen LogP contribution is 2.21. The molecule has 29 heavy (non-hydrogen) atoms. The van der Waals surface area contributed by atoms with Crippen LogP contribution >= 0.6 is 0 Å². The quantitative estimate of drug-likeness (QED) is 0.439. The second kappa shape index (κ2) is 10.9. The number of nitrogens with one attached hydrogen (secondary N) is 1. The molecule has 10 heteroatoms. The Labute approximate surface area is 170 Å². The smallest absolute Gasteiger partial charge is 0.338 e. The highest BCUT2D eigenvalue weighted by molar-refractivity contribution is 7.89. The second-order valence-corrected chi connectivity index (χ2v) is 8.41. The highest BCUT2D eigenvalue weighted by atomic mass is 32.2. The van der Waals surface area contributed by atoms with Gasteiger partial charge in [-0.1, -0.05) is 0 Å². The Balaban J connectivity index is 1.76. The zero-order valence-electron chi connectivity index (χ0n) is 16.4. The van der Waals surface area contributed by atoms with E-state index in [1.165, 1.54) is 28.6 Å². The molecular formula is C19H26N2O7S. The first-order chi connectivity index (χ1) is 13.8. The van der Waals surface area contributed by atoms with Crippen LogP contribution in [-0.2, 0) is 29.1 Å². The molecule has 0 aliphatic carbocycles. The van der Waals surface area contributed by atoms with E-state index in [-0.39, 0.29) is 29.4 Å². The summed E-state index contributed by atoms with van der Waals surface area (Å²) in [4.78, 5) is 35.0. The Hall–Kier alpha value is -2.46. The van der Waals surface area contributed by atoms with Crippen molar-refractivity contribution in [2.45, 2.75) is 37.5 Å². The van der Waals surface area contributed by atoms with Gasteiger partial charge in [-0.2, -0.15) is 4.31 Å². The van der Waals surface area contributed by atoms with Crippen LogP contribution in [0.3, 0.4) is 0 Å². The predicted molar refractivity (Wildman–Crippen MR) is 104 cm³/mol. The Morgan fingerprint density at radius 1 is 1.07 bits per heavy atom. The maximum atomic E-state index is 12.5. The topological polar surface area (TPSA) is 119 Å². The lowest BCUT2D eigenvalue weighted by Gasteiger charge is -2.15. The summed E-state index contributed by atoms with van der Waals surface area (Å²) in [6, 6.07) is 5.45. The van der Waals surface area contributed by atoms with Gasteiger partial charge in [0.25, 0.3) is 5.91 Å². The maximum Gasteiger partial charge on any atom is 0.338 e. The van der Waals surface area contributed by atoms with Crippen molar-refractivity contribution in [2.24, 2.45) is 0 Å². The number of sulfonamides is 1. The minimum absolute atomic E-state index is 0.121. The lowest BCUT2D eigenvalue weighted by molar-refractivity contribution is -0.143. The molecule has 1 aliphatic heterocycles. The van der Waals surface area contributed by atoms with E-state index in [0.29, 0.717) is 26.1 Å². The molecule has 0 unspecified atom stereocenters. The molecule has 0 spiro atoms. The lowest BCUT2D eigenvalue weighted by Crippen LogP contribution is -2.30. The van der Waals surface area contributed by atoms with Crippen LogP contribution in [-0.4, -0.2) is 63.4 Å². The molecule has 1 heterocycles. The number of hydrogen-bond donors (Lipinski definition) is 1. The van der Waals surface area contributed by atoms with Crippen molar-refractivity contribution in [3.05, 3.63) is 29.8 Å². The molecule has 0 saturated carbocycles. The summed E-state index contributed by atoms with van der Waals surface area (Å²) in [5.74, 6) is -1.55. The van der Waals surface area contributed by atoms with Gasteiger partial charge in [0.1, 0.15) is 0 Å². The fraction of sp³-hybridized carbons (Fsp3) is 0.526. The Kier molecular flexibility index (Phi) is 8.59. The van der Waals surface area contributed by atoms with Crippen LogP contribution in [0.25, 0.3) is 0 Å². The van der Waals surface area contributed by atoms with Gasteiger partial charge >= 0.3 is 11.9 Å². The Bertz CT molecular complexity index is 815. The van der Waals surface area contributed by atoms with Crippen molar-refractivity contribution in [1.29, 1.82) is 0 Å². The van der Waals surface area contributed by atoms with E-state index in [1.54, 1.807) is 6.92 Å². The van der Waals surface area contributed by atoms with Crippen LogP contribution in [0.15, 0.2) is 29.2 Å². The molecule has 9 nitrogen and oxygen atoms in total. The standard InChI is InChI=1S/C19H26N2O7S/c1-2-27-18(23)6-5-11-20-17(22)14-28-19(24)15-7-9-16(10-8-15)29(25,26)21-12-3-4-13-21/h7-10H,2-6,11-14H2,1H3,(H,20,22). The Morgan fingerprint density at radius 2 is 1.72 bits per heavy atom. The lowest BCUT2D eigenvalue weighted by atomic mass is 10.2. The SMILES string of the molecule is CCOC(=O)CCCNC(=O)COC(=O)c1ccc(S(=O)(=O)N2CCCC2)cc1. The van der Waals surface area contributed by atoms with E-state index in [2.05, 4.69) is 5.32 Å². The van der Waals surface area contributed by atoms with Crippen LogP contribution in [0, 0.1) is 0 Å². The van der Waals surface area contributed by atoms with E-state index < -0.39 is 28.5 Å². The van der Waals surface area contributed by atoms with Crippen molar-refractivity contribution in [2.75, 3.05) is 32.8 Å². The fourth-order valence-electron chi connectivity index (χ4n) is 2.80. The summed E-state index contributed by atoms with van der Waals surface area (Å²) < 4.78 is 36.1. The molecule has 2 rings (SSSR count). The molecule has 0 bridgehead atoms. The molecule has 1 fully saturated rings. The monoisotopic (exact) mass is 426 g/mol. The third-order valence-corrected chi connectivity index (χ3v) is 6.23. The number of hydrogen-bond acceptors (Lipinski definition) is 7. The second-order valence-electron chi connectivity index (χ2n) is 6.47. The summed E-state index contributed by atoms with van der Waals surface area (Å²) in [5, 5.41) is 2.54. The van der Waals surface area contributed by atoms with Crippen molar-refractivity contribution in [3.63, 3.8) is 0 Å². The van der Waals surface area contributed by atoms with Gasteiger partial charge in [-0.3, -0.25) is 9.59 Å². The van der Waals surface area contributed by atoms with Crippen molar-refractivity contribution < 1.29 is 32.3 Å². The van der Waals surface area contributed by atoms with Crippen molar-refractivity contribution in [1.82, 2.24) is 9.62 Å². The van der Waals surface area contributed by atoms with Crippen LogP contribution in [0.1, 0.15) is 43.0 Å². The van der Waals surface area contributed by atoms with Gasteiger partial charge in [0, 0.05) is 26.1 Å². The summed E-state index contributed by atoms with van der Waals surface area (Å²) in [6.45, 7) is 2.83. The van der Waals surface area contributed by atoms with Gasteiger partial charge in [-0.05, 0) is 50.5 Å². The van der Waals surface area contributed by atoms with Gasteiger partial charge in [0.15, 0.2) is 6.61 Å². The number of amides is 1. The average molecular weight is 426 g/mol. The van der Waals surface area contributed by atoms with Gasteiger partial charge in [-0.15, -0.1) is 0 Å². The average Bonchev–Trinajstić information content (AvgIpc) is 3.25. The summed E-state index contributed by atoms with van der Waals surface area (Å²) in [5.41, 5.74) is 0.153. The summed E-state index contributed by atoms with van der Waals surface area (Å²) in [6.07, 6.45) is 2.30. The fourth-order valence-corrected chi connectivity index (χ4v) is 4.32. The molecule has 160 valence electrons. The number of benzene rings is 1. The number of carbonyl (C=O) groups is 3. The highest BCUT2D eigenvalue weighted by Gasteiger charge is 2.27. The normalized spacial score (nSPS) is 14.4. The molecule has 0 aromatic heterocycles. The first-order valence-corrected chi connectivity index (χ1v) is 11.0. The first kappa shape index (κ1) is 22.8. The molecule has 1 aliphatic rings. The molecule has 1 amide bonds. The van der Waals surface area contributed by atoms with Crippen LogP contribution in [0.4, 0.5) is 0 Å². The van der Waals surface area contributed by atoms with E-state index >= 15 is 0 Å². The Morgan fingerprint density at radius 3 is 2.34 bits per heavy atom. The predicted octanol–water partition coefficient (Wildman–Crippen LogP) is 1.09. The van der Waals surface area contributed by atoms with E-state index in [1.807, 2.05) is 0 Å². The van der Waals surface area contributed by atoms with Crippen molar-refractivity contribution >= 4 is 27.9 Å². The first-order valence-electron chi connectivity index (χ1n) is 9.54. The minimum atomic E-state index is -3.55. The van der Waals surface area contributed by atoms with Crippen LogP contribution < -0.4 is 5.32 Å². The van der Waals surface area contributed by atoms with Gasteiger partial charge in [0.2, 0.25) is 10.0 Å². The largest absolute Gasteiger partial charge is 0.466 e. The third-order valence-electron chi connectivity index (χ3n) is 4.31. The molecule has 1 aromatic carbocycles. The van der Waals surface area contributed by atoms with Crippen molar-refractivity contribution in [3.8, 4) is 0 Å². The zero-order valence-corrected chi connectivity index (χ0v) is 17.2. The summed E-state index contributed by atoms with van der Waals surface area (Å²) >= 11 is 0. The number of ether oxygens (including phenoxy) is 2. The molecule has 1 N–H and O–H groups in total.